The standard InChI is InChI=1S/C10H15N3O4/c1-2-16-10(15)13(6-5-11)9(14)12-8-4-3-7-17-8/h3-4,7H,2,5-6,11H2,1H3,(H,12,14). The van der Waals surface area contributed by atoms with Crippen LogP contribution in [0.3, 0.4) is 0 Å². The molecule has 0 aliphatic carbocycles. The number of nitrogens with zero attached hydrogens (tertiary/aromatic N) is 1. The summed E-state index contributed by atoms with van der Waals surface area (Å²) in [6.07, 6.45) is 0.676. The van der Waals surface area contributed by atoms with Gasteiger partial charge in [0.15, 0.2) is 0 Å². The van der Waals surface area contributed by atoms with Gasteiger partial charge in [0.1, 0.15) is 0 Å². The van der Waals surface area contributed by atoms with Gasteiger partial charge in [-0.3, -0.25) is 5.32 Å². The monoisotopic (exact) mass is 241 g/mol. The van der Waals surface area contributed by atoms with Crippen molar-refractivity contribution in [2.45, 2.75) is 6.92 Å². The van der Waals surface area contributed by atoms with Crippen LogP contribution in [0.2, 0.25) is 0 Å². The number of hydrogen-bond donors (Lipinski definition) is 2. The Kier molecular flexibility index (Phi) is 5.02. The average Bonchev–Trinajstić information content (AvgIpc) is 2.78. The molecule has 7 nitrogen and oxygen atoms in total. The van der Waals surface area contributed by atoms with Gasteiger partial charge in [-0.2, -0.15) is 0 Å². The van der Waals surface area contributed by atoms with Crippen LogP contribution in [0.1, 0.15) is 6.92 Å². The van der Waals surface area contributed by atoms with Gasteiger partial charge in [-0.05, 0) is 13.0 Å². The summed E-state index contributed by atoms with van der Waals surface area (Å²) in [5, 5.41) is 2.41. The molecule has 1 heterocycles. The molecule has 94 valence electrons. The predicted octanol–water partition coefficient (Wildman–Crippen LogP) is 1.23. The molecule has 0 bridgehead atoms. The van der Waals surface area contributed by atoms with Gasteiger partial charge in [-0.1, -0.05) is 0 Å². The first-order valence-corrected chi connectivity index (χ1v) is 5.18. The van der Waals surface area contributed by atoms with Crippen LogP contribution in [-0.2, 0) is 4.74 Å². The van der Waals surface area contributed by atoms with Crippen LogP contribution in [0.5, 0.6) is 0 Å². The molecule has 1 aromatic rings. The van der Waals surface area contributed by atoms with E-state index in [4.69, 9.17) is 14.9 Å². The zero-order valence-electron chi connectivity index (χ0n) is 9.51. The van der Waals surface area contributed by atoms with E-state index in [2.05, 4.69) is 5.32 Å². The number of amides is 3. The minimum Gasteiger partial charge on any atom is -0.449 e. The van der Waals surface area contributed by atoms with E-state index in [0.717, 1.165) is 4.90 Å². The summed E-state index contributed by atoms with van der Waals surface area (Å²) in [5.41, 5.74) is 5.32. The lowest BCUT2D eigenvalue weighted by Gasteiger charge is -2.18. The molecule has 0 aromatic carbocycles. The van der Waals surface area contributed by atoms with E-state index in [9.17, 15) is 9.59 Å². The molecule has 3 N–H and O–H groups in total. The van der Waals surface area contributed by atoms with Crippen molar-refractivity contribution in [2.75, 3.05) is 25.0 Å². The first-order valence-electron chi connectivity index (χ1n) is 5.18. The van der Waals surface area contributed by atoms with Crippen LogP contribution in [0.4, 0.5) is 15.5 Å². The second-order valence-electron chi connectivity index (χ2n) is 3.05. The molecule has 7 heteroatoms. The van der Waals surface area contributed by atoms with E-state index < -0.39 is 12.1 Å². The Hall–Kier alpha value is -2.02. The third-order valence-electron chi connectivity index (χ3n) is 1.84. The zero-order valence-corrected chi connectivity index (χ0v) is 9.51. The fraction of sp³-hybridized carbons (Fsp3) is 0.400. The Labute approximate surface area is 98.5 Å². The summed E-state index contributed by atoms with van der Waals surface area (Å²) in [5.74, 6) is 0.251. The van der Waals surface area contributed by atoms with Gasteiger partial charge in [0.25, 0.3) is 0 Å². The van der Waals surface area contributed by atoms with Crippen LogP contribution in [0, 0.1) is 0 Å². The Bertz CT molecular complexity index is 364. The van der Waals surface area contributed by atoms with Crippen LogP contribution < -0.4 is 11.1 Å². The van der Waals surface area contributed by atoms with Crippen molar-refractivity contribution in [3.8, 4) is 0 Å². The van der Waals surface area contributed by atoms with Crippen molar-refractivity contribution in [3.05, 3.63) is 18.4 Å². The minimum absolute atomic E-state index is 0.0748. The predicted molar refractivity (Wildman–Crippen MR) is 60.5 cm³/mol. The number of imide groups is 1. The highest BCUT2D eigenvalue weighted by Gasteiger charge is 2.22. The highest BCUT2D eigenvalue weighted by Crippen LogP contribution is 2.08. The first kappa shape index (κ1) is 13.0. The summed E-state index contributed by atoms with van der Waals surface area (Å²) in [6, 6.07) is 2.54. The number of carbonyl (C=O) groups is 2. The molecule has 1 aromatic heterocycles. The molecule has 0 unspecified atom stereocenters. The second kappa shape index (κ2) is 6.54. The molecule has 0 saturated carbocycles. The van der Waals surface area contributed by atoms with Gasteiger partial charge in [-0.15, -0.1) is 0 Å². The fourth-order valence-electron chi connectivity index (χ4n) is 1.13. The Morgan fingerprint density at radius 1 is 1.59 bits per heavy atom. The van der Waals surface area contributed by atoms with E-state index in [1.54, 1.807) is 19.1 Å². The lowest BCUT2D eigenvalue weighted by atomic mass is 10.5. The van der Waals surface area contributed by atoms with Gasteiger partial charge in [0.05, 0.1) is 12.9 Å². The van der Waals surface area contributed by atoms with Crippen molar-refractivity contribution in [1.82, 2.24) is 4.90 Å². The van der Waals surface area contributed by atoms with Gasteiger partial charge in [0.2, 0.25) is 5.88 Å². The van der Waals surface area contributed by atoms with Gasteiger partial charge < -0.3 is 14.9 Å². The maximum absolute atomic E-state index is 11.7. The third kappa shape index (κ3) is 3.80. The fourth-order valence-corrected chi connectivity index (χ4v) is 1.13. The van der Waals surface area contributed by atoms with Crippen molar-refractivity contribution in [2.24, 2.45) is 5.73 Å². The smallest absolute Gasteiger partial charge is 0.418 e. The molecular formula is C10H15N3O4. The van der Waals surface area contributed by atoms with Crippen molar-refractivity contribution >= 4 is 18.0 Å². The molecule has 0 aliphatic rings. The lowest BCUT2D eigenvalue weighted by molar-refractivity contribution is 0.118. The topological polar surface area (TPSA) is 97.8 Å². The highest BCUT2D eigenvalue weighted by atomic mass is 16.6. The SMILES string of the molecule is CCOC(=O)N(CCN)C(=O)Nc1ccco1. The number of furan rings is 1. The maximum atomic E-state index is 11.7. The third-order valence-corrected chi connectivity index (χ3v) is 1.84. The molecule has 0 radical (unpaired) electrons. The quantitative estimate of drug-likeness (QED) is 0.826. The summed E-state index contributed by atoms with van der Waals surface area (Å²) in [4.78, 5) is 24.1. The van der Waals surface area contributed by atoms with E-state index in [-0.39, 0.29) is 25.6 Å². The molecular weight excluding hydrogens is 226 g/mol. The average molecular weight is 241 g/mol. The molecule has 0 aliphatic heterocycles. The van der Waals surface area contributed by atoms with Gasteiger partial charge >= 0.3 is 12.1 Å². The largest absolute Gasteiger partial charge is 0.449 e. The number of carbonyl (C=O) groups excluding carboxylic acids is 2. The van der Waals surface area contributed by atoms with Crippen LogP contribution in [0.25, 0.3) is 0 Å². The minimum atomic E-state index is -0.734. The number of urea groups is 1. The van der Waals surface area contributed by atoms with Crippen molar-refractivity contribution < 1.29 is 18.7 Å². The van der Waals surface area contributed by atoms with E-state index in [1.807, 2.05) is 0 Å². The van der Waals surface area contributed by atoms with Crippen LogP contribution >= 0.6 is 0 Å². The maximum Gasteiger partial charge on any atom is 0.418 e. The Morgan fingerprint density at radius 3 is 2.88 bits per heavy atom. The number of ether oxygens (including phenoxy) is 1. The zero-order chi connectivity index (χ0) is 12.7. The number of nitrogens with one attached hydrogen (secondary N) is 1. The van der Waals surface area contributed by atoms with Crippen LogP contribution in [0.15, 0.2) is 22.8 Å². The van der Waals surface area contributed by atoms with Gasteiger partial charge in [-0.25, -0.2) is 14.5 Å². The molecule has 0 atom stereocenters. The van der Waals surface area contributed by atoms with Crippen LogP contribution in [-0.4, -0.2) is 36.7 Å². The number of nitrogens with two attached hydrogens (primary N) is 1. The van der Waals surface area contributed by atoms with Gasteiger partial charge in [0, 0.05) is 19.2 Å². The summed E-state index contributed by atoms with van der Waals surface area (Å²) >= 11 is 0. The number of anilines is 1. The Morgan fingerprint density at radius 2 is 2.35 bits per heavy atom. The Balaban J connectivity index is 2.63. The van der Waals surface area contributed by atoms with E-state index in [0.29, 0.717) is 0 Å². The normalized spacial score (nSPS) is 9.76. The molecule has 17 heavy (non-hydrogen) atoms. The summed E-state index contributed by atoms with van der Waals surface area (Å²) in [6.45, 7) is 2.08. The molecule has 0 saturated heterocycles. The first-order chi connectivity index (χ1) is 8.19. The molecule has 1 rings (SSSR count). The summed E-state index contributed by atoms with van der Waals surface area (Å²) < 4.78 is 9.67. The van der Waals surface area contributed by atoms with E-state index >= 15 is 0 Å². The summed E-state index contributed by atoms with van der Waals surface area (Å²) in [7, 11) is 0. The number of rotatable bonds is 4. The van der Waals surface area contributed by atoms with Crippen molar-refractivity contribution in [3.63, 3.8) is 0 Å². The number of hydrogen-bond acceptors (Lipinski definition) is 5. The molecule has 0 spiro atoms. The molecule has 0 fully saturated rings. The lowest BCUT2D eigenvalue weighted by Crippen LogP contribution is -2.43. The highest BCUT2D eigenvalue weighted by molar-refractivity contribution is 5.98. The molecule has 3 amide bonds. The van der Waals surface area contributed by atoms with E-state index in [1.165, 1.54) is 6.26 Å². The van der Waals surface area contributed by atoms with Crippen molar-refractivity contribution in [1.29, 1.82) is 0 Å². The second-order valence-corrected chi connectivity index (χ2v) is 3.05.